The first kappa shape index (κ1) is 15.9. The molecule has 0 aliphatic rings. The fourth-order valence-electron chi connectivity index (χ4n) is 1.33. The maximum atomic E-state index is 12.0. The number of amides is 1. The van der Waals surface area contributed by atoms with Crippen molar-refractivity contribution in [1.29, 1.82) is 0 Å². The van der Waals surface area contributed by atoms with E-state index in [4.69, 9.17) is 11.6 Å². The first-order valence-corrected chi connectivity index (χ1v) is 7.53. The molecule has 1 atom stereocenters. The van der Waals surface area contributed by atoms with Crippen LogP contribution >= 0.6 is 11.6 Å². The molecular weight excluding hydrogens is 290 g/mol. The molecule has 1 aromatic heterocycles. The number of pyridine rings is 1. The van der Waals surface area contributed by atoms with Gasteiger partial charge < -0.3 is 5.32 Å². The normalized spacial score (nSPS) is 13.3. The average molecular weight is 306 g/mol. The van der Waals surface area contributed by atoms with Crippen molar-refractivity contribution in [2.45, 2.75) is 37.8 Å². The van der Waals surface area contributed by atoms with Gasteiger partial charge in [0.25, 0.3) is 0 Å². The van der Waals surface area contributed by atoms with Crippen LogP contribution in [0, 0.1) is 0 Å². The monoisotopic (exact) mass is 305 g/mol. The largest absolute Gasteiger partial charge is 0.353 e. The van der Waals surface area contributed by atoms with Crippen LogP contribution in [-0.2, 0) is 14.8 Å². The van der Waals surface area contributed by atoms with Crippen LogP contribution in [-0.4, -0.2) is 31.4 Å². The Labute approximate surface area is 117 Å². The van der Waals surface area contributed by atoms with Crippen molar-refractivity contribution >= 4 is 27.5 Å². The number of aromatic nitrogens is 1. The molecule has 0 aromatic carbocycles. The van der Waals surface area contributed by atoms with Crippen molar-refractivity contribution in [2.75, 3.05) is 0 Å². The Morgan fingerprint density at radius 3 is 2.53 bits per heavy atom. The van der Waals surface area contributed by atoms with E-state index in [1.807, 2.05) is 0 Å². The molecule has 1 rings (SSSR count). The van der Waals surface area contributed by atoms with E-state index in [1.54, 1.807) is 13.8 Å². The minimum absolute atomic E-state index is 0.0681. The van der Waals surface area contributed by atoms with E-state index in [0.29, 0.717) is 0 Å². The summed E-state index contributed by atoms with van der Waals surface area (Å²) in [6.07, 6.45) is 1.39. The van der Waals surface area contributed by atoms with E-state index in [-0.39, 0.29) is 16.1 Å². The Morgan fingerprint density at radius 2 is 2.00 bits per heavy atom. The zero-order chi connectivity index (χ0) is 14.6. The molecule has 0 saturated heterocycles. The minimum Gasteiger partial charge on any atom is -0.353 e. The lowest BCUT2D eigenvalue weighted by molar-refractivity contribution is -0.122. The van der Waals surface area contributed by atoms with Crippen LogP contribution in [0.4, 0.5) is 0 Å². The standard InChI is InChI=1S/C11H16ClN3O3S/c1-7(2)14-11(16)8(3)15-19(17,18)9-5-4-6-13-10(9)12/h4-8,15H,1-3H3,(H,14,16). The Kier molecular flexibility index (Phi) is 5.28. The molecule has 0 saturated carbocycles. The van der Waals surface area contributed by atoms with Crippen molar-refractivity contribution in [3.63, 3.8) is 0 Å². The number of hydrogen-bond acceptors (Lipinski definition) is 4. The molecule has 0 bridgehead atoms. The van der Waals surface area contributed by atoms with Gasteiger partial charge >= 0.3 is 0 Å². The third-order valence-electron chi connectivity index (χ3n) is 2.17. The highest BCUT2D eigenvalue weighted by molar-refractivity contribution is 7.89. The van der Waals surface area contributed by atoms with Crippen LogP contribution in [0.3, 0.4) is 0 Å². The molecule has 106 valence electrons. The second kappa shape index (κ2) is 6.31. The summed E-state index contributed by atoms with van der Waals surface area (Å²) in [6.45, 7) is 5.04. The highest BCUT2D eigenvalue weighted by Gasteiger charge is 2.24. The lowest BCUT2D eigenvalue weighted by atomic mass is 10.3. The number of carbonyl (C=O) groups excluding carboxylic acids is 1. The van der Waals surface area contributed by atoms with Gasteiger partial charge in [0, 0.05) is 12.2 Å². The van der Waals surface area contributed by atoms with Crippen LogP contribution in [0.2, 0.25) is 5.15 Å². The summed E-state index contributed by atoms with van der Waals surface area (Å²) in [7, 11) is -3.88. The zero-order valence-corrected chi connectivity index (χ0v) is 12.4. The number of halogens is 1. The van der Waals surface area contributed by atoms with Crippen LogP contribution in [0.15, 0.2) is 23.2 Å². The average Bonchev–Trinajstić information content (AvgIpc) is 2.27. The van der Waals surface area contributed by atoms with Gasteiger partial charge in [-0.25, -0.2) is 13.4 Å². The highest BCUT2D eigenvalue weighted by atomic mass is 35.5. The maximum absolute atomic E-state index is 12.0. The molecule has 0 aliphatic carbocycles. The first-order chi connectivity index (χ1) is 8.74. The molecule has 1 unspecified atom stereocenters. The summed E-state index contributed by atoms with van der Waals surface area (Å²) in [5, 5.41) is 2.48. The summed E-state index contributed by atoms with van der Waals surface area (Å²) in [6, 6.07) is 1.81. The van der Waals surface area contributed by atoms with Gasteiger partial charge in [0.15, 0.2) is 0 Å². The van der Waals surface area contributed by atoms with E-state index in [9.17, 15) is 13.2 Å². The highest BCUT2D eigenvalue weighted by Crippen LogP contribution is 2.17. The number of sulfonamides is 1. The van der Waals surface area contributed by atoms with Crippen LogP contribution in [0.5, 0.6) is 0 Å². The summed E-state index contributed by atoms with van der Waals surface area (Å²) in [5.74, 6) is -0.404. The van der Waals surface area contributed by atoms with Crippen molar-refractivity contribution in [2.24, 2.45) is 0 Å². The molecule has 1 aromatic rings. The van der Waals surface area contributed by atoms with Crippen LogP contribution in [0.1, 0.15) is 20.8 Å². The Bertz CT molecular complexity index is 560. The zero-order valence-electron chi connectivity index (χ0n) is 10.8. The van der Waals surface area contributed by atoms with Crippen LogP contribution < -0.4 is 10.0 Å². The Hall–Kier alpha value is -1.18. The smallest absolute Gasteiger partial charge is 0.244 e. The third-order valence-corrected chi connectivity index (χ3v) is 4.16. The van der Waals surface area contributed by atoms with Crippen molar-refractivity contribution in [1.82, 2.24) is 15.0 Å². The van der Waals surface area contributed by atoms with E-state index in [1.165, 1.54) is 25.3 Å². The molecule has 1 amide bonds. The number of hydrogen-bond donors (Lipinski definition) is 2. The van der Waals surface area contributed by atoms with Gasteiger partial charge in [-0.15, -0.1) is 0 Å². The predicted molar refractivity (Wildman–Crippen MR) is 72.3 cm³/mol. The van der Waals surface area contributed by atoms with E-state index >= 15 is 0 Å². The van der Waals surface area contributed by atoms with Gasteiger partial charge in [0.2, 0.25) is 15.9 Å². The van der Waals surface area contributed by atoms with Gasteiger partial charge in [-0.1, -0.05) is 11.6 Å². The van der Waals surface area contributed by atoms with Crippen molar-refractivity contribution in [3.05, 3.63) is 23.5 Å². The summed E-state index contributed by atoms with van der Waals surface area (Å²) < 4.78 is 26.3. The number of rotatable bonds is 5. The predicted octanol–water partition coefficient (Wildman–Crippen LogP) is 0.926. The third kappa shape index (κ3) is 4.45. The van der Waals surface area contributed by atoms with E-state index in [2.05, 4.69) is 15.0 Å². The lowest BCUT2D eigenvalue weighted by Crippen LogP contribution is -2.46. The topological polar surface area (TPSA) is 88.2 Å². The molecule has 19 heavy (non-hydrogen) atoms. The lowest BCUT2D eigenvalue weighted by Gasteiger charge is -2.16. The fourth-order valence-corrected chi connectivity index (χ4v) is 2.99. The number of nitrogens with zero attached hydrogens (tertiary/aromatic N) is 1. The molecule has 0 fully saturated rings. The summed E-state index contributed by atoms with van der Waals surface area (Å²) in [5.41, 5.74) is 0. The second-order valence-corrected chi connectivity index (χ2v) is 6.34. The van der Waals surface area contributed by atoms with Gasteiger partial charge in [0.05, 0.1) is 6.04 Å². The summed E-state index contributed by atoms with van der Waals surface area (Å²) >= 11 is 5.73. The molecule has 6 nitrogen and oxygen atoms in total. The second-order valence-electron chi connectivity index (χ2n) is 4.30. The SMILES string of the molecule is CC(C)NC(=O)C(C)NS(=O)(=O)c1cccnc1Cl. The van der Waals surface area contributed by atoms with Crippen molar-refractivity contribution in [3.8, 4) is 0 Å². The van der Waals surface area contributed by atoms with Gasteiger partial charge in [-0.2, -0.15) is 4.72 Å². The maximum Gasteiger partial charge on any atom is 0.244 e. The van der Waals surface area contributed by atoms with Crippen molar-refractivity contribution < 1.29 is 13.2 Å². The number of nitrogens with one attached hydrogen (secondary N) is 2. The van der Waals surface area contributed by atoms with Gasteiger partial charge in [-0.3, -0.25) is 4.79 Å². The molecule has 2 N–H and O–H groups in total. The molecule has 1 heterocycles. The molecule has 0 radical (unpaired) electrons. The molecule has 8 heteroatoms. The molecule has 0 aliphatic heterocycles. The van der Waals surface area contributed by atoms with E-state index < -0.39 is 22.0 Å². The van der Waals surface area contributed by atoms with Gasteiger partial charge in [0.1, 0.15) is 10.0 Å². The fraction of sp³-hybridized carbons (Fsp3) is 0.455. The summed E-state index contributed by atoms with van der Waals surface area (Å²) in [4.78, 5) is 15.2. The van der Waals surface area contributed by atoms with Crippen LogP contribution in [0.25, 0.3) is 0 Å². The quantitative estimate of drug-likeness (QED) is 0.792. The Balaban J connectivity index is 2.87. The van der Waals surface area contributed by atoms with E-state index in [0.717, 1.165) is 0 Å². The van der Waals surface area contributed by atoms with Gasteiger partial charge in [-0.05, 0) is 32.9 Å². The Morgan fingerprint density at radius 1 is 1.37 bits per heavy atom. The number of carbonyl (C=O) groups is 1. The first-order valence-electron chi connectivity index (χ1n) is 5.67. The molecular formula is C11H16ClN3O3S. The minimum atomic E-state index is -3.88. The molecule has 0 spiro atoms.